The van der Waals surface area contributed by atoms with E-state index < -0.39 is 41.7 Å². The van der Waals surface area contributed by atoms with Gasteiger partial charge in [0.15, 0.2) is 5.69 Å². The largest absolute Gasteiger partial charge is 0.497 e. The van der Waals surface area contributed by atoms with Gasteiger partial charge in [0.05, 0.1) is 19.3 Å². The predicted molar refractivity (Wildman–Crippen MR) is 102 cm³/mol. The fourth-order valence-corrected chi connectivity index (χ4v) is 3.69. The normalized spacial score (nSPS) is 17.0. The molecule has 1 aliphatic heterocycles. The van der Waals surface area contributed by atoms with Crippen molar-refractivity contribution in [2.45, 2.75) is 31.0 Å². The van der Waals surface area contributed by atoms with Crippen LogP contribution >= 0.6 is 0 Å². The van der Waals surface area contributed by atoms with Crippen LogP contribution in [0.2, 0.25) is 0 Å². The number of benzene rings is 1. The molecule has 1 aromatic carbocycles. The Kier molecular flexibility index (Phi) is 5.10. The molecule has 1 saturated carbocycles. The van der Waals surface area contributed by atoms with Gasteiger partial charge in [-0.15, -0.1) is 0 Å². The lowest BCUT2D eigenvalue weighted by molar-refractivity contribution is -0.143. The number of nitrogens with zero attached hydrogens (tertiary/aromatic N) is 3. The summed E-state index contributed by atoms with van der Waals surface area (Å²) >= 11 is 0. The number of carboxylic acid groups (broad SMARTS) is 1. The van der Waals surface area contributed by atoms with Crippen LogP contribution in [0.15, 0.2) is 24.3 Å². The van der Waals surface area contributed by atoms with E-state index in [9.17, 15) is 32.7 Å². The van der Waals surface area contributed by atoms with Gasteiger partial charge < -0.3 is 20.1 Å². The highest BCUT2D eigenvalue weighted by atomic mass is 19.4. The highest BCUT2D eigenvalue weighted by molar-refractivity contribution is 5.99. The van der Waals surface area contributed by atoms with Crippen molar-refractivity contribution in [1.29, 1.82) is 0 Å². The monoisotopic (exact) mass is 452 g/mol. The molecule has 0 bridgehead atoms. The fraction of sp³-hybridized carbons (Fsp3) is 0.400. The summed E-state index contributed by atoms with van der Waals surface area (Å²) in [6.45, 7) is -0.598. The van der Waals surface area contributed by atoms with E-state index in [-0.39, 0.29) is 42.8 Å². The lowest BCUT2D eigenvalue weighted by atomic mass is 10.0. The first-order valence-electron chi connectivity index (χ1n) is 9.73. The molecule has 0 spiro atoms. The molecular formula is C20H19F3N4O5. The second kappa shape index (κ2) is 7.53. The number of carbonyl (C=O) groups excluding carboxylic acids is 2. The van der Waals surface area contributed by atoms with E-state index in [1.54, 1.807) is 0 Å². The lowest BCUT2D eigenvalue weighted by Crippen LogP contribution is -2.50. The van der Waals surface area contributed by atoms with Crippen LogP contribution in [0.4, 0.5) is 13.2 Å². The molecule has 170 valence electrons. The molecule has 0 unspecified atom stereocenters. The van der Waals surface area contributed by atoms with E-state index >= 15 is 0 Å². The SMILES string of the molecule is COc1ccc(-n2nc(C(F)(F)F)c3c2C(=O)N(CC(=O)NC2(C(=O)O)CC2)CC3)cc1. The van der Waals surface area contributed by atoms with Crippen LogP contribution in [0.5, 0.6) is 5.75 Å². The Balaban J connectivity index is 1.65. The smallest absolute Gasteiger partial charge is 0.435 e. The van der Waals surface area contributed by atoms with Crippen molar-refractivity contribution in [2.24, 2.45) is 0 Å². The maximum Gasteiger partial charge on any atom is 0.435 e. The number of nitrogens with one attached hydrogen (secondary N) is 1. The van der Waals surface area contributed by atoms with Gasteiger partial charge in [-0.2, -0.15) is 18.3 Å². The number of carboxylic acids is 1. The minimum Gasteiger partial charge on any atom is -0.497 e. The molecule has 2 heterocycles. The van der Waals surface area contributed by atoms with Crippen molar-refractivity contribution >= 4 is 17.8 Å². The zero-order chi connectivity index (χ0) is 23.3. The molecule has 9 nitrogen and oxygen atoms in total. The number of ether oxygens (including phenoxy) is 1. The molecule has 2 aromatic rings. The van der Waals surface area contributed by atoms with E-state index in [4.69, 9.17) is 4.74 Å². The molecule has 0 atom stereocenters. The highest BCUT2D eigenvalue weighted by Gasteiger charge is 2.52. The maximum absolute atomic E-state index is 13.6. The molecule has 0 saturated heterocycles. The number of hydrogen-bond donors (Lipinski definition) is 2. The minimum absolute atomic E-state index is 0.128. The van der Waals surface area contributed by atoms with Gasteiger partial charge in [-0.3, -0.25) is 9.59 Å². The van der Waals surface area contributed by atoms with Crippen molar-refractivity contribution < 1.29 is 37.4 Å². The van der Waals surface area contributed by atoms with E-state index in [0.29, 0.717) is 5.75 Å². The van der Waals surface area contributed by atoms with Gasteiger partial charge in [0, 0.05) is 12.1 Å². The van der Waals surface area contributed by atoms with Gasteiger partial charge in [-0.25, -0.2) is 9.48 Å². The first-order chi connectivity index (χ1) is 15.1. The van der Waals surface area contributed by atoms with Gasteiger partial charge in [-0.05, 0) is 43.5 Å². The number of alkyl halides is 3. The van der Waals surface area contributed by atoms with Crippen LogP contribution in [-0.2, 0) is 22.2 Å². The van der Waals surface area contributed by atoms with Gasteiger partial charge in [0.2, 0.25) is 5.91 Å². The van der Waals surface area contributed by atoms with E-state index in [1.807, 2.05) is 0 Å². The Bertz CT molecular complexity index is 1090. The highest BCUT2D eigenvalue weighted by Crippen LogP contribution is 2.37. The molecular weight excluding hydrogens is 433 g/mol. The molecule has 1 aromatic heterocycles. The summed E-state index contributed by atoms with van der Waals surface area (Å²) in [7, 11) is 1.44. The van der Waals surface area contributed by atoms with Crippen molar-refractivity contribution in [3.8, 4) is 11.4 Å². The lowest BCUT2D eigenvalue weighted by Gasteiger charge is -2.28. The molecule has 12 heteroatoms. The number of methoxy groups -OCH3 is 1. The van der Waals surface area contributed by atoms with Crippen molar-refractivity contribution in [2.75, 3.05) is 20.2 Å². The molecule has 1 fully saturated rings. The van der Waals surface area contributed by atoms with E-state index in [1.165, 1.54) is 31.4 Å². The van der Waals surface area contributed by atoms with Gasteiger partial charge in [0.1, 0.15) is 17.0 Å². The van der Waals surface area contributed by atoms with Crippen LogP contribution in [0, 0.1) is 0 Å². The third kappa shape index (κ3) is 3.76. The molecule has 1 aliphatic carbocycles. The molecule has 32 heavy (non-hydrogen) atoms. The molecule has 4 rings (SSSR count). The molecule has 2 amide bonds. The van der Waals surface area contributed by atoms with E-state index in [2.05, 4.69) is 10.4 Å². The zero-order valence-corrected chi connectivity index (χ0v) is 16.9. The number of amides is 2. The first kappa shape index (κ1) is 21.7. The summed E-state index contributed by atoms with van der Waals surface area (Å²) in [5.41, 5.74) is -2.77. The predicted octanol–water partition coefficient (Wildman–Crippen LogP) is 1.63. The number of halogens is 3. The number of hydrogen-bond acceptors (Lipinski definition) is 5. The standard InChI is InChI=1S/C20H19F3N4O5/c1-32-12-4-2-11(3-5-12)27-15-13(16(25-27)20(21,22)23)6-9-26(17(15)29)10-14(28)24-19(7-8-19)18(30)31/h2-5H,6-10H2,1H3,(H,24,28)(H,30,31). The van der Waals surface area contributed by atoms with Crippen molar-refractivity contribution in [3.63, 3.8) is 0 Å². The van der Waals surface area contributed by atoms with Gasteiger partial charge >= 0.3 is 12.1 Å². The van der Waals surface area contributed by atoms with E-state index in [0.717, 1.165) is 9.58 Å². The van der Waals surface area contributed by atoms with Gasteiger partial charge in [0.25, 0.3) is 5.91 Å². The number of aromatic nitrogens is 2. The minimum atomic E-state index is -4.76. The Labute approximate surface area is 179 Å². The average molecular weight is 452 g/mol. The van der Waals surface area contributed by atoms with Crippen LogP contribution in [-0.4, -0.2) is 63.3 Å². The van der Waals surface area contributed by atoms with Crippen molar-refractivity contribution in [3.05, 3.63) is 41.2 Å². The summed E-state index contributed by atoms with van der Waals surface area (Å²) < 4.78 is 46.7. The Morgan fingerprint density at radius 2 is 1.91 bits per heavy atom. The summed E-state index contributed by atoms with van der Waals surface area (Å²) in [5, 5.41) is 15.3. The second-order valence-corrected chi connectivity index (χ2v) is 7.70. The number of aliphatic carboxylic acids is 1. The average Bonchev–Trinajstić information content (AvgIpc) is 3.40. The number of fused-ring (bicyclic) bond motifs is 1. The summed E-state index contributed by atoms with van der Waals surface area (Å²) in [5.74, 6) is -2.16. The van der Waals surface area contributed by atoms with Crippen LogP contribution in [0.1, 0.15) is 34.6 Å². The van der Waals surface area contributed by atoms with Crippen LogP contribution in [0.3, 0.4) is 0 Å². The van der Waals surface area contributed by atoms with Crippen molar-refractivity contribution in [1.82, 2.24) is 20.0 Å². The first-order valence-corrected chi connectivity index (χ1v) is 9.73. The maximum atomic E-state index is 13.6. The van der Waals surface area contributed by atoms with Crippen LogP contribution < -0.4 is 10.1 Å². The zero-order valence-electron chi connectivity index (χ0n) is 16.9. The molecule has 2 aliphatic rings. The fourth-order valence-electron chi connectivity index (χ4n) is 3.69. The third-order valence-electron chi connectivity index (χ3n) is 5.56. The Morgan fingerprint density at radius 1 is 1.25 bits per heavy atom. The number of carbonyl (C=O) groups is 3. The Hall–Kier alpha value is -3.57. The summed E-state index contributed by atoms with van der Waals surface area (Å²) in [4.78, 5) is 37.8. The quantitative estimate of drug-likeness (QED) is 0.689. The topological polar surface area (TPSA) is 114 Å². The molecule has 0 radical (unpaired) electrons. The summed E-state index contributed by atoms with van der Waals surface area (Å²) in [6.07, 6.45) is -4.35. The third-order valence-corrected chi connectivity index (χ3v) is 5.56. The van der Waals surface area contributed by atoms with Crippen LogP contribution in [0.25, 0.3) is 5.69 Å². The Morgan fingerprint density at radius 3 is 2.44 bits per heavy atom. The number of rotatable bonds is 6. The molecule has 2 N–H and O–H groups in total. The second-order valence-electron chi connectivity index (χ2n) is 7.70. The summed E-state index contributed by atoms with van der Waals surface area (Å²) in [6, 6.07) is 5.98. The van der Waals surface area contributed by atoms with Gasteiger partial charge in [-0.1, -0.05) is 0 Å².